The Balaban J connectivity index is 1.68. The van der Waals surface area contributed by atoms with E-state index in [1.165, 1.54) is 6.07 Å². The van der Waals surface area contributed by atoms with Crippen LogP contribution < -0.4 is 9.64 Å². The van der Waals surface area contributed by atoms with E-state index in [4.69, 9.17) is 10.1 Å². The number of anilines is 1. The fourth-order valence-electron chi connectivity index (χ4n) is 4.23. The number of aromatic nitrogens is 1. The minimum atomic E-state index is -1.16. The van der Waals surface area contributed by atoms with E-state index in [9.17, 15) is 19.5 Å². The summed E-state index contributed by atoms with van der Waals surface area (Å²) in [5.74, 6) is -1.25. The molecule has 9 heteroatoms. The number of ketones is 1. The monoisotopic (exact) mass is 464 g/mol. The lowest BCUT2D eigenvalue weighted by Gasteiger charge is -2.33. The number of aryl methyl sites for hydroxylation is 1. The van der Waals surface area contributed by atoms with E-state index in [0.29, 0.717) is 29.1 Å². The van der Waals surface area contributed by atoms with Crippen molar-refractivity contribution < 1.29 is 24.2 Å². The summed E-state index contributed by atoms with van der Waals surface area (Å²) < 4.78 is 5.71. The number of rotatable bonds is 6. The van der Waals surface area contributed by atoms with E-state index in [1.807, 2.05) is 39.8 Å². The number of aliphatic carboxylic acids is 1. The molecule has 4 rings (SSSR count). The van der Waals surface area contributed by atoms with Crippen molar-refractivity contribution in [3.05, 3.63) is 52.3 Å². The quantitative estimate of drug-likeness (QED) is 0.630. The second-order valence-electron chi connectivity index (χ2n) is 9.58. The van der Waals surface area contributed by atoms with Gasteiger partial charge in [-0.1, -0.05) is 33.8 Å². The Bertz CT molecular complexity index is 1210. The van der Waals surface area contributed by atoms with E-state index in [-0.39, 0.29) is 30.5 Å². The molecule has 0 spiro atoms. The molecule has 0 bridgehead atoms. The molecule has 1 aromatic heterocycles. The fraction of sp³-hybridized carbons (Fsp3) is 0.400. The molecule has 0 radical (unpaired) electrons. The van der Waals surface area contributed by atoms with Crippen LogP contribution in [0.25, 0.3) is 0 Å². The van der Waals surface area contributed by atoms with Gasteiger partial charge in [0.25, 0.3) is 5.91 Å². The molecular formula is C25H28N4O5. The summed E-state index contributed by atoms with van der Waals surface area (Å²) in [5.41, 5.74) is 3.30. The van der Waals surface area contributed by atoms with Crippen molar-refractivity contribution in [1.29, 1.82) is 5.41 Å². The van der Waals surface area contributed by atoms with Gasteiger partial charge in [0.1, 0.15) is 23.8 Å². The van der Waals surface area contributed by atoms with Crippen LogP contribution in [0.4, 0.5) is 5.69 Å². The first-order valence-electron chi connectivity index (χ1n) is 11.2. The highest BCUT2D eigenvalue weighted by atomic mass is 16.5. The molecule has 2 aliphatic heterocycles. The number of carboxylic acids is 1. The van der Waals surface area contributed by atoms with E-state index in [0.717, 1.165) is 22.6 Å². The standard InChI is InChI=1S/C25H28N4O5/c1-5-16-7-6-14-10-28(24(26)22(14)27-16)11-19(30)15-8-17(25(2,3)4)23-18(9-15)29(12-21(32)33)20(31)13-34-23/h6-9,26H,5,10-13H2,1-4H3,(H,32,33). The first-order chi connectivity index (χ1) is 16.0. The maximum atomic E-state index is 13.4. The number of ether oxygens (including phenoxy) is 1. The fourth-order valence-corrected chi connectivity index (χ4v) is 4.23. The summed E-state index contributed by atoms with van der Waals surface area (Å²) >= 11 is 0. The molecule has 34 heavy (non-hydrogen) atoms. The third kappa shape index (κ3) is 4.25. The lowest BCUT2D eigenvalue weighted by Crippen LogP contribution is -2.42. The van der Waals surface area contributed by atoms with Crippen molar-refractivity contribution in [3.63, 3.8) is 0 Å². The van der Waals surface area contributed by atoms with Crippen LogP contribution in [-0.2, 0) is 28.0 Å². The molecule has 1 aromatic carbocycles. The van der Waals surface area contributed by atoms with Gasteiger partial charge in [0, 0.05) is 28.9 Å². The van der Waals surface area contributed by atoms with Crippen molar-refractivity contribution in [2.24, 2.45) is 0 Å². The number of nitrogens with zero attached hydrogens (tertiary/aromatic N) is 3. The normalized spacial score (nSPS) is 15.2. The Kier molecular flexibility index (Phi) is 5.89. The van der Waals surface area contributed by atoms with Gasteiger partial charge >= 0.3 is 5.97 Å². The number of benzene rings is 1. The molecule has 0 saturated heterocycles. The topological polar surface area (TPSA) is 124 Å². The number of hydrogen-bond donors (Lipinski definition) is 2. The molecule has 1 amide bonds. The van der Waals surface area contributed by atoms with Gasteiger partial charge < -0.3 is 14.7 Å². The SMILES string of the molecule is CCc1ccc2c(n1)C(=N)N(CC(=O)c1cc3c(c(C(C)(C)C)c1)OCC(=O)N3CC(=O)O)C2. The summed E-state index contributed by atoms with van der Waals surface area (Å²) in [5, 5.41) is 17.8. The minimum absolute atomic E-state index is 0.0350. The minimum Gasteiger partial charge on any atom is -0.481 e. The summed E-state index contributed by atoms with van der Waals surface area (Å²) in [4.78, 5) is 44.6. The molecule has 178 valence electrons. The van der Waals surface area contributed by atoms with Gasteiger partial charge in [-0.05, 0) is 30.0 Å². The number of fused-ring (bicyclic) bond motifs is 2. The molecule has 0 unspecified atom stereocenters. The van der Waals surface area contributed by atoms with Gasteiger partial charge in [0.2, 0.25) is 0 Å². The summed E-state index contributed by atoms with van der Waals surface area (Å²) in [7, 11) is 0. The Morgan fingerprint density at radius 2 is 1.94 bits per heavy atom. The first-order valence-corrected chi connectivity index (χ1v) is 11.2. The van der Waals surface area contributed by atoms with Crippen molar-refractivity contribution in [3.8, 4) is 5.75 Å². The van der Waals surface area contributed by atoms with Crippen LogP contribution in [0.3, 0.4) is 0 Å². The largest absolute Gasteiger partial charge is 0.481 e. The van der Waals surface area contributed by atoms with Crippen LogP contribution in [0.1, 0.15) is 60.6 Å². The van der Waals surface area contributed by atoms with Crippen molar-refractivity contribution in [2.75, 3.05) is 24.6 Å². The molecule has 0 atom stereocenters. The predicted molar refractivity (Wildman–Crippen MR) is 126 cm³/mol. The van der Waals surface area contributed by atoms with Gasteiger partial charge in [-0.3, -0.25) is 24.7 Å². The van der Waals surface area contributed by atoms with Gasteiger partial charge in [0.15, 0.2) is 12.4 Å². The van der Waals surface area contributed by atoms with Crippen LogP contribution >= 0.6 is 0 Å². The maximum absolute atomic E-state index is 13.4. The van der Waals surface area contributed by atoms with Gasteiger partial charge in [-0.15, -0.1) is 0 Å². The first kappa shape index (κ1) is 23.4. The van der Waals surface area contributed by atoms with Crippen LogP contribution in [0.15, 0.2) is 24.3 Å². The van der Waals surface area contributed by atoms with Crippen LogP contribution in [0.2, 0.25) is 0 Å². The number of nitrogens with one attached hydrogen (secondary N) is 1. The summed E-state index contributed by atoms with van der Waals surface area (Å²) in [6, 6.07) is 7.15. The van der Waals surface area contributed by atoms with E-state index >= 15 is 0 Å². The zero-order chi connectivity index (χ0) is 24.8. The average Bonchev–Trinajstić information content (AvgIpc) is 3.08. The molecule has 0 saturated carbocycles. The summed E-state index contributed by atoms with van der Waals surface area (Å²) in [6.45, 7) is 7.49. The molecule has 2 aliphatic rings. The third-order valence-corrected chi connectivity index (χ3v) is 6.06. The van der Waals surface area contributed by atoms with Gasteiger partial charge in [-0.25, -0.2) is 4.98 Å². The number of pyridine rings is 1. The Labute approximate surface area is 197 Å². The zero-order valence-electron chi connectivity index (χ0n) is 19.8. The third-order valence-electron chi connectivity index (χ3n) is 6.06. The number of carbonyl (C=O) groups is 3. The second kappa shape index (κ2) is 8.55. The molecular weight excluding hydrogens is 436 g/mol. The van der Waals surface area contributed by atoms with Crippen molar-refractivity contribution in [1.82, 2.24) is 9.88 Å². The van der Waals surface area contributed by atoms with E-state index in [2.05, 4.69) is 4.98 Å². The zero-order valence-corrected chi connectivity index (χ0v) is 19.8. The molecule has 0 fully saturated rings. The molecule has 0 aliphatic carbocycles. The molecule has 9 nitrogen and oxygen atoms in total. The van der Waals surface area contributed by atoms with Gasteiger partial charge in [0.05, 0.1) is 12.2 Å². The number of Topliss-reactive ketones (excluding diaryl/α,β-unsaturated/α-hetero) is 1. The predicted octanol–water partition coefficient (Wildman–Crippen LogP) is 2.78. The van der Waals surface area contributed by atoms with Crippen LogP contribution in [0, 0.1) is 5.41 Å². The van der Waals surface area contributed by atoms with Crippen molar-refractivity contribution in [2.45, 2.75) is 46.1 Å². The smallest absolute Gasteiger partial charge is 0.323 e. The number of carboxylic acid groups (broad SMARTS) is 1. The van der Waals surface area contributed by atoms with Crippen LogP contribution in [0.5, 0.6) is 5.75 Å². The van der Waals surface area contributed by atoms with Crippen molar-refractivity contribution >= 4 is 29.2 Å². The lowest BCUT2D eigenvalue weighted by atomic mass is 9.84. The van der Waals surface area contributed by atoms with Crippen LogP contribution in [-0.4, -0.2) is 58.2 Å². The highest BCUT2D eigenvalue weighted by molar-refractivity contribution is 6.07. The van der Waals surface area contributed by atoms with E-state index < -0.39 is 23.8 Å². The molecule has 3 heterocycles. The lowest BCUT2D eigenvalue weighted by molar-refractivity contribution is -0.137. The maximum Gasteiger partial charge on any atom is 0.323 e. The summed E-state index contributed by atoms with van der Waals surface area (Å²) in [6.07, 6.45) is 0.762. The Morgan fingerprint density at radius 1 is 1.21 bits per heavy atom. The number of carbonyl (C=O) groups excluding carboxylic acids is 2. The second-order valence-corrected chi connectivity index (χ2v) is 9.58. The number of hydrogen-bond acceptors (Lipinski definition) is 6. The highest BCUT2D eigenvalue weighted by Crippen LogP contribution is 2.42. The molecule has 2 N–H and O–H groups in total. The Hall–Kier alpha value is -3.75. The van der Waals surface area contributed by atoms with Gasteiger partial charge in [-0.2, -0.15) is 0 Å². The number of amides is 1. The Morgan fingerprint density at radius 3 is 2.59 bits per heavy atom. The van der Waals surface area contributed by atoms with E-state index in [1.54, 1.807) is 11.0 Å². The molecule has 2 aromatic rings. The number of amidine groups is 1. The highest BCUT2D eigenvalue weighted by Gasteiger charge is 2.34. The average molecular weight is 465 g/mol.